The standard InChI is InChI=1S/C23H23N3O2S2/c1-16-14-19-21(30-16)22(28)26(13-12-17-8-4-2-5-9-17)23(25-19)29-15-20(27)24-18-10-6-3-7-11-18/h2-11,16H,12-15H2,1H3,(H,24,27)/t16-/m0/s1. The largest absolute Gasteiger partial charge is 0.325 e. The number of amides is 1. The molecule has 0 saturated heterocycles. The summed E-state index contributed by atoms with van der Waals surface area (Å²) in [5.41, 5.74) is 2.80. The molecule has 0 unspecified atom stereocenters. The number of thioether (sulfide) groups is 2. The molecule has 4 rings (SSSR count). The Morgan fingerprint density at radius 3 is 2.60 bits per heavy atom. The molecule has 3 aromatic rings. The van der Waals surface area contributed by atoms with Crippen LogP contribution in [0.3, 0.4) is 0 Å². The lowest BCUT2D eigenvalue weighted by atomic mass is 10.1. The summed E-state index contributed by atoms with van der Waals surface area (Å²) in [6.07, 6.45) is 1.53. The van der Waals surface area contributed by atoms with Gasteiger partial charge in [0.1, 0.15) is 0 Å². The number of anilines is 1. The van der Waals surface area contributed by atoms with Crippen molar-refractivity contribution in [1.29, 1.82) is 0 Å². The maximum absolute atomic E-state index is 13.2. The first-order valence-corrected chi connectivity index (χ1v) is 11.8. The van der Waals surface area contributed by atoms with Crippen molar-refractivity contribution in [3.63, 3.8) is 0 Å². The van der Waals surface area contributed by atoms with Crippen molar-refractivity contribution in [2.45, 2.75) is 41.6 Å². The van der Waals surface area contributed by atoms with E-state index in [1.807, 2.05) is 48.5 Å². The molecule has 1 aliphatic heterocycles. The summed E-state index contributed by atoms with van der Waals surface area (Å²) in [4.78, 5) is 31.1. The van der Waals surface area contributed by atoms with Gasteiger partial charge in [-0.1, -0.05) is 67.2 Å². The molecule has 7 heteroatoms. The summed E-state index contributed by atoms with van der Waals surface area (Å²) in [5, 5.41) is 3.85. The topological polar surface area (TPSA) is 64.0 Å². The maximum Gasteiger partial charge on any atom is 0.268 e. The van der Waals surface area contributed by atoms with Gasteiger partial charge in [-0.2, -0.15) is 0 Å². The highest BCUT2D eigenvalue weighted by molar-refractivity contribution is 8.00. The third-order valence-electron chi connectivity index (χ3n) is 4.82. The van der Waals surface area contributed by atoms with Gasteiger partial charge < -0.3 is 5.32 Å². The molecule has 1 atom stereocenters. The van der Waals surface area contributed by atoms with Gasteiger partial charge in [-0.15, -0.1) is 11.8 Å². The number of carbonyl (C=O) groups excluding carboxylic acids is 1. The first-order valence-electron chi connectivity index (χ1n) is 9.92. The van der Waals surface area contributed by atoms with Gasteiger partial charge in [-0.05, 0) is 24.1 Å². The van der Waals surface area contributed by atoms with Crippen LogP contribution >= 0.6 is 23.5 Å². The summed E-state index contributed by atoms with van der Waals surface area (Å²) < 4.78 is 1.73. The zero-order chi connectivity index (χ0) is 20.9. The van der Waals surface area contributed by atoms with Gasteiger partial charge in [0.25, 0.3) is 5.56 Å². The maximum atomic E-state index is 13.2. The Bertz CT molecular complexity index is 1080. The van der Waals surface area contributed by atoms with E-state index < -0.39 is 0 Å². The number of hydrogen-bond donors (Lipinski definition) is 1. The van der Waals surface area contributed by atoms with E-state index in [0.29, 0.717) is 17.0 Å². The zero-order valence-corrected chi connectivity index (χ0v) is 18.3. The number of rotatable bonds is 7. The van der Waals surface area contributed by atoms with E-state index in [-0.39, 0.29) is 17.2 Å². The third-order valence-corrected chi connectivity index (χ3v) is 7.01. The highest BCUT2D eigenvalue weighted by Gasteiger charge is 2.26. The first-order chi connectivity index (χ1) is 14.6. The lowest BCUT2D eigenvalue weighted by molar-refractivity contribution is -0.113. The minimum Gasteiger partial charge on any atom is -0.325 e. The smallest absolute Gasteiger partial charge is 0.268 e. The molecule has 0 aliphatic carbocycles. The lowest BCUT2D eigenvalue weighted by Crippen LogP contribution is -2.27. The van der Waals surface area contributed by atoms with E-state index in [1.165, 1.54) is 17.3 Å². The van der Waals surface area contributed by atoms with Gasteiger partial charge in [0.05, 0.1) is 16.3 Å². The van der Waals surface area contributed by atoms with E-state index in [4.69, 9.17) is 4.98 Å². The second kappa shape index (κ2) is 9.53. The van der Waals surface area contributed by atoms with Crippen molar-refractivity contribution in [1.82, 2.24) is 9.55 Å². The van der Waals surface area contributed by atoms with Crippen LogP contribution in [0.5, 0.6) is 0 Å². The molecular formula is C23H23N3O2S2. The van der Waals surface area contributed by atoms with Gasteiger partial charge in [0.15, 0.2) is 5.16 Å². The minimum atomic E-state index is -0.113. The van der Waals surface area contributed by atoms with E-state index >= 15 is 0 Å². The predicted octanol–water partition coefficient (Wildman–Crippen LogP) is 4.25. The Balaban J connectivity index is 1.53. The monoisotopic (exact) mass is 437 g/mol. The Labute approximate surface area is 184 Å². The fraction of sp³-hybridized carbons (Fsp3) is 0.261. The van der Waals surface area contributed by atoms with Crippen molar-refractivity contribution in [2.24, 2.45) is 0 Å². The number of carbonyl (C=O) groups is 1. The van der Waals surface area contributed by atoms with Gasteiger partial charge in [-0.3, -0.25) is 14.2 Å². The number of benzene rings is 2. The molecule has 2 heterocycles. The first kappa shape index (κ1) is 20.8. The Kier molecular flexibility index (Phi) is 6.59. The molecule has 0 bridgehead atoms. The lowest BCUT2D eigenvalue weighted by Gasteiger charge is -2.14. The average molecular weight is 438 g/mol. The van der Waals surface area contributed by atoms with Gasteiger partial charge >= 0.3 is 0 Å². The molecule has 0 fully saturated rings. The fourth-order valence-corrected chi connectivity index (χ4v) is 5.33. The van der Waals surface area contributed by atoms with Crippen molar-refractivity contribution in [2.75, 3.05) is 11.1 Å². The molecule has 0 radical (unpaired) electrons. The van der Waals surface area contributed by atoms with Crippen LogP contribution in [-0.4, -0.2) is 26.5 Å². The van der Waals surface area contributed by atoms with E-state index in [2.05, 4.69) is 24.4 Å². The number of nitrogens with one attached hydrogen (secondary N) is 1. The molecule has 1 amide bonds. The number of para-hydroxylation sites is 1. The molecule has 0 saturated carbocycles. The van der Waals surface area contributed by atoms with Crippen molar-refractivity contribution >= 4 is 35.1 Å². The van der Waals surface area contributed by atoms with Crippen LogP contribution in [0.2, 0.25) is 0 Å². The van der Waals surface area contributed by atoms with E-state index in [1.54, 1.807) is 16.3 Å². The predicted molar refractivity (Wildman–Crippen MR) is 123 cm³/mol. The van der Waals surface area contributed by atoms with Crippen LogP contribution in [0.25, 0.3) is 0 Å². The summed E-state index contributed by atoms with van der Waals surface area (Å²) in [6.45, 7) is 2.65. The van der Waals surface area contributed by atoms with Gasteiger partial charge in [0, 0.05) is 23.9 Å². The number of nitrogens with zero attached hydrogens (tertiary/aromatic N) is 2. The van der Waals surface area contributed by atoms with Crippen molar-refractivity contribution in [3.8, 4) is 0 Å². The van der Waals surface area contributed by atoms with Crippen LogP contribution in [-0.2, 0) is 24.2 Å². The Morgan fingerprint density at radius 1 is 1.17 bits per heavy atom. The van der Waals surface area contributed by atoms with Crippen LogP contribution in [0.4, 0.5) is 5.69 Å². The molecule has 2 aromatic carbocycles. The average Bonchev–Trinajstić information content (AvgIpc) is 3.14. The second-order valence-corrected chi connectivity index (χ2v) is 9.59. The van der Waals surface area contributed by atoms with Gasteiger partial charge in [-0.25, -0.2) is 4.98 Å². The quantitative estimate of drug-likeness (QED) is 0.442. The Hall–Kier alpha value is -2.51. The fourth-order valence-electron chi connectivity index (χ4n) is 3.37. The zero-order valence-electron chi connectivity index (χ0n) is 16.7. The number of aryl methyl sites for hydroxylation is 1. The Morgan fingerprint density at radius 2 is 1.87 bits per heavy atom. The molecule has 0 spiro atoms. The highest BCUT2D eigenvalue weighted by Crippen LogP contribution is 2.34. The van der Waals surface area contributed by atoms with Crippen molar-refractivity contribution in [3.05, 3.63) is 82.3 Å². The van der Waals surface area contributed by atoms with Crippen LogP contribution < -0.4 is 10.9 Å². The number of aromatic nitrogens is 2. The summed E-state index contributed by atoms with van der Waals surface area (Å²) in [7, 11) is 0. The SMILES string of the molecule is C[C@H]1Cc2nc(SCC(=O)Nc3ccccc3)n(CCc3ccccc3)c(=O)c2S1. The van der Waals surface area contributed by atoms with Crippen LogP contribution in [0.1, 0.15) is 18.2 Å². The normalized spacial score (nSPS) is 15.0. The second-order valence-electron chi connectivity index (χ2n) is 7.20. The molecule has 1 aromatic heterocycles. The highest BCUT2D eigenvalue weighted by atomic mass is 32.2. The number of fused-ring (bicyclic) bond motifs is 1. The van der Waals surface area contributed by atoms with E-state index in [9.17, 15) is 9.59 Å². The molecule has 1 aliphatic rings. The summed E-state index contributed by atoms with van der Waals surface area (Å²) in [6, 6.07) is 19.5. The summed E-state index contributed by atoms with van der Waals surface area (Å²) >= 11 is 2.93. The van der Waals surface area contributed by atoms with E-state index in [0.717, 1.165) is 29.1 Å². The number of hydrogen-bond acceptors (Lipinski definition) is 5. The minimum absolute atomic E-state index is 0.0104. The van der Waals surface area contributed by atoms with Gasteiger partial charge in [0.2, 0.25) is 5.91 Å². The van der Waals surface area contributed by atoms with Crippen LogP contribution in [0.15, 0.2) is 75.5 Å². The molecule has 5 nitrogen and oxygen atoms in total. The molecule has 30 heavy (non-hydrogen) atoms. The van der Waals surface area contributed by atoms with Crippen molar-refractivity contribution < 1.29 is 4.79 Å². The van der Waals surface area contributed by atoms with Crippen LogP contribution in [0, 0.1) is 0 Å². The summed E-state index contributed by atoms with van der Waals surface area (Å²) in [5.74, 6) is 0.0898. The molecular weight excluding hydrogens is 414 g/mol. The third kappa shape index (κ3) is 4.96. The molecule has 1 N–H and O–H groups in total. The molecule has 154 valence electrons.